The number of anilines is 2. The summed E-state index contributed by atoms with van der Waals surface area (Å²) in [6.45, 7) is 0. The Labute approximate surface area is 103 Å². The Balaban J connectivity index is 2.36. The van der Waals surface area contributed by atoms with E-state index in [2.05, 4.69) is 26.8 Å². The highest BCUT2D eigenvalue weighted by Crippen LogP contribution is 2.15. The molecule has 0 unspecified atom stereocenters. The Morgan fingerprint density at radius 1 is 1.06 bits per heavy atom. The molecule has 0 saturated carbocycles. The van der Waals surface area contributed by atoms with Crippen LogP contribution in [0.4, 0.5) is 11.5 Å². The maximum Gasteiger partial charge on any atom is 0.150 e. The minimum Gasteiger partial charge on any atom is -0.397 e. The minimum atomic E-state index is 0.223. The van der Waals surface area contributed by atoms with Gasteiger partial charge in [-0.15, -0.1) is 0 Å². The second-order valence-electron chi connectivity index (χ2n) is 3.15. The van der Waals surface area contributed by atoms with E-state index in [-0.39, 0.29) is 11.0 Å². The highest BCUT2D eigenvalue weighted by atomic mass is 35.5. The standard InChI is InChI=1S/C11H8ClN5/c12-10-9(11(14)17-6-16-10)4-3-8-2-1-7(13)5-15-8/h1-2,5-6H,13H2,(H2,14,16,17). The number of hydrogen-bond donors (Lipinski definition) is 2. The van der Waals surface area contributed by atoms with Gasteiger partial charge in [-0.3, -0.25) is 0 Å². The number of nitrogens with two attached hydrogens (primary N) is 2. The van der Waals surface area contributed by atoms with Crippen LogP contribution in [0.15, 0.2) is 24.7 Å². The van der Waals surface area contributed by atoms with Gasteiger partial charge in [0.2, 0.25) is 0 Å². The van der Waals surface area contributed by atoms with Gasteiger partial charge in [-0.1, -0.05) is 17.5 Å². The smallest absolute Gasteiger partial charge is 0.150 e. The third kappa shape index (κ3) is 2.62. The lowest BCUT2D eigenvalue weighted by atomic mass is 10.3. The Morgan fingerprint density at radius 3 is 2.53 bits per heavy atom. The molecule has 0 aliphatic carbocycles. The lowest BCUT2D eigenvalue weighted by molar-refractivity contribution is 1.17. The molecule has 0 spiro atoms. The second kappa shape index (κ2) is 4.68. The van der Waals surface area contributed by atoms with Crippen LogP contribution < -0.4 is 11.5 Å². The Kier molecular flexibility index (Phi) is 3.08. The molecular weight excluding hydrogens is 238 g/mol. The molecule has 2 heterocycles. The zero-order chi connectivity index (χ0) is 12.3. The lowest BCUT2D eigenvalue weighted by Crippen LogP contribution is -1.96. The van der Waals surface area contributed by atoms with Crippen LogP contribution in [0.2, 0.25) is 5.15 Å². The van der Waals surface area contributed by atoms with Crippen molar-refractivity contribution in [3.8, 4) is 11.8 Å². The second-order valence-corrected chi connectivity index (χ2v) is 3.51. The summed E-state index contributed by atoms with van der Waals surface area (Å²) in [4.78, 5) is 11.6. The van der Waals surface area contributed by atoms with E-state index in [0.717, 1.165) is 0 Å². The van der Waals surface area contributed by atoms with E-state index in [1.54, 1.807) is 12.1 Å². The number of aromatic nitrogens is 3. The van der Waals surface area contributed by atoms with Crippen LogP contribution >= 0.6 is 11.6 Å². The van der Waals surface area contributed by atoms with Crippen LogP contribution in [0.25, 0.3) is 0 Å². The number of pyridine rings is 1. The zero-order valence-electron chi connectivity index (χ0n) is 8.68. The average molecular weight is 246 g/mol. The molecule has 0 bridgehead atoms. The van der Waals surface area contributed by atoms with Crippen LogP contribution in [0.3, 0.4) is 0 Å². The molecule has 0 radical (unpaired) electrons. The zero-order valence-corrected chi connectivity index (χ0v) is 9.44. The van der Waals surface area contributed by atoms with Gasteiger partial charge in [0.15, 0.2) is 0 Å². The largest absolute Gasteiger partial charge is 0.397 e. The normalized spacial score (nSPS) is 9.47. The molecule has 0 atom stereocenters. The predicted molar refractivity (Wildman–Crippen MR) is 66.1 cm³/mol. The van der Waals surface area contributed by atoms with Crippen molar-refractivity contribution in [3.05, 3.63) is 41.1 Å². The van der Waals surface area contributed by atoms with Gasteiger partial charge in [0.05, 0.1) is 11.9 Å². The van der Waals surface area contributed by atoms with Crippen molar-refractivity contribution in [1.29, 1.82) is 0 Å². The van der Waals surface area contributed by atoms with Crippen molar-refractivity contribution < 1.29 is 0 Å². The van der Waals surface area contributed by atoms with Crippen molar-refractivity contribution in [3.63, 3.8) is 0 Å². The van der Waals surface area contributed by atoms with Crippen molar-refractivity contribution in [2.24, 2.45) is 0 Å². The van der Waals surface area contributed by atoms with E-state index in [1.165, 1.54) is 12.5 Å². The summed E-state index contributed by atoms with van der Waals surface area (Å²) in [6, 6.07) is 3.42. The molecule has 2 aromatic heterocycles. The topological polar surface area (TPSA) is 90.7 Å². The molecular formula is C11H8ClN5. The van der Waals surface area contributed by atoms with Crippen LogP contribution in [0.5, 0.6) is 0 Å². The highest BCUT2D eigenvalue weighted by molar-refractivity contribution is 6.30. The van der Waals surface area contributed by atoms with Crippen molar-refractivity contribution >= 4 is 23.1 Å². The van der Waals surface area contributed by atoms with Crippen LogP contribution in [0.1, 0.15) is 11.3 Å². The lowest BCUT2D eigenvalue weighted by Gasteiger charge is -1.97. The summed E-state index contributed by atoms with van der Waals surface area (Å²) >= 11 is 5.85. The molecule has 0 saturated heterocycles. The summed E-state index contributed by atoms with van der Waals surface area (Å²) in [5, 5.41) is 0.223. The summed E-state index contributed by atoms with van der Waals surface area (Å²) in [5.74, 6) is 5.83. The SMILES string of the molecule is Nc1ccc(C#Cc2c(N)ncnc2Cl)nc1. The van der Waals surface area contributed by atoms with Crippen molar-refractivity contribution in [2.75, 3.05) is 11.5 Å². The number of hydrogen-bond acceptors (Lipinski definition) is 5. The molecule has 2 rings (SSSR count). The predicted octanol–water partition coefficient (Wildman–Crippen LogP) is 1.09. The molecule has 0 amide bonds. The first-order chi connectivity index (χ1) is 8.16. The third-order valence-electron chi connectivity index (χ3n) is 1.93. The number of halogens is 1. The number of rotatable bonds is 0. The first-order valence-electron chi connectivity index (χ1n) is 4.66. The highest BCUT2D eigenvalue weighted by Gasteiger charge is 2.03. The van der Waals surface area contributed by atoms with Crippen molar-refractivity contribution in [2.45, 2.75) is 0 Å². The number of nitrogens with zero attached hydrogens (tertiary/aromatic N) is 3. The van der Waals surface area contributed by atoms with E-state index < -0.39 is 0 Å². The molecule has 84 valence electrons. The van der Waals surface area contributed by atoms with E-state index >= 15 is 0 Å². The molecule has 4 N–H and O–H groups in total. The molecule has 0 aliphatic heterocycles. The van der Waals surface area contributed by atoms with Gasteiger partial charge in [0.25, 0.3) is 0 Å². The van der Waals surface area contributed by atoms with Gasteiger partial charge < -0.3 is 11.5 Å². The van der Waals surface area contributed by atoms with E-state index in [0.29, 0.717) is 16.9 Å². The van der Waals surface area contributed by atoms with Crippen LogP contribution in [-0.4, -0.2) is 15.0 Å². The fourth-order valence-electron chi connectivity index (χ4n) is 1.10. The Hall–Kier alpha value is -2.32. The summed E-state index contributed by atoms with van der Waals surface area (Å²) < 4.78 is 0. The van der Waals surface area contributed by atoms with Crippen molar-refractivity contribution in [1.82, 2.24) is 15.0 Å². The summed E-state index contributed by atoms with van der Waals surface area (Å²) in [7, 11) is 0. The Morgan fingerprint density at radius 2 is 1.88 bits per heavy atom. The van der Waals surface area contributed by atoms with E-state index in [9.17, 15) is 0 Å². The van der Waals surface area contributed by atoms with Gasteiger partial charge in [-0.25, -0.2) is 15.0 Å². The van der Waals surface area contributed by atoms with Gasteiger partial charge in [0, 0.05) is 0 Å². The van der Waals surface area contributed by atoms with Gasteiger partial charge >= 0.3 is 0 Å². The Bertz CT molecular complexity index is 577. The fraction of sp³-hybridized carbons (Fsp3) is 0. The molecule has 0 aliphatic rings. The number of nitrogen functional groups attached to an aromatic ring is 2. The molecule has 0 fully saturated rings. The van der Waals surface area contributed by atoms with Gasteiger partial charge in [-0.05, 0) is 18.1 Å². The third-order valence-corrected chi connectivity index (χ3v) is 2.22. The monoisotopic (exact) mass is 245 g/mol. The van der Waals surface area contributed by atoms with Gasteiger partial charge in [-0.2, -0.15) is 0 Å². The summed E-state index contributed by atoms with van der Waals surface area (Å²) in [5.41, 5.74) is 12.7. The van der Waals surface area contributed by atoms with E-state index in [1.807, 2.05) is 0 Å². The van der Waals surface area contributed by atoms with E-state index in [4.69, 9.17) is 23.1 Å². The average Bonchev–Trinajstić information content (AvgIpc) is 2.31. The maximum absolute atomic E-state index is 5.85. The quantitative estimate of drug-likeness (QED) is 0.536. The molecule has 2 aromatic rings. The first kappa shape index (κ1) is 11.2. The fourth-order valence-corrected chi connectivity index (χ4v) is 1.29. The minimum absolute atomic E-state index is 0.223. The first-order valence-corrected chi connectivity index (χ1v) is 5.04. The molecule has 17 heavy (non-hydrogen) atoms. The maximum atomic E-state index is 5.85. The van der Waals surface area contributed by atoms with Crippen LogP contribution in [-0.2, 0) is 0 Å². The molecule has 0 aromatic carbocycles. The molecule has 6 heteroatoms. The summed E-state index contributed by atoms with van der Waals surface area (Å²) in [6.07, 6.45) is 2.81. The van der Waals surface area contributed by atoms with Crippen LogP contribution in [0, 0.1) is 11.8 Å². The van der Waals surface area contributed by atoms with Gasteiger partial charge in [0.1, 0.15) is 28.6 Å². The molecule has 5 nitrogen and oxygen atoms in total.